The van der Waals surface area contributed by atoms with Crippen LogP contribution >= 0.6 is 0 Å². The van der Waals surface area contributed by atoms with Crippen LogP contribution in [0.5, 0.6) is 11.5 Å². The number of nitrogens with zero attached hydrogens (tertiary/aromatic N) is 1. The summed E-state index contributed by atoms with van der Waals surface area (Å²) in [7, 11) is 0. The van der Waals surface area contributed by atoms with Crippen molar-refractivity contribution >= 4 is 22.8 Å². The number of primary amides is 1. The maximum absolute atomic E-state index is 11.9. The molecule has 6 nitrogen and oxygen atoms in total. The molecule has 1 amide bonds. The first kappa shape index (κ1) is 15.5. The van der Waals surface area contributed by atoms with E-state index in [1.165, 1.54) is 6.07 Å². The molecule has 3 rings (SSSR count). The monoisotopic (exact) mass is 322 g/mol. The van der Waals surface area contributed by atoms with Crippen LogP contribution in [0.1, 0.15) is 10.5 Å². The van der Waals surface area contributed by atoms with Crippen molar-refractivity contribution in [2.75, 3.05) is 6.61 Å². The number of fused-ring (bicyclic) bond motifs is 1. The second-order valence-corrected chi connectivity index (χ2v) is 4.96. The van der Waals surface area contributed by atoms with Crippen molar-refractivity contribution in [3.8, 4) is 11.5 Å². The highest BCUT2D eigenvalue weighted by molar-refractivity contribution is 5.96. The van der Waals surface area contributed by atoms with E-state index < -0.39 is 11.9 Å². The highest BCUT2D eigenvalue weighted by Crippen LogP contribution is 2.25. The van der Waals surface area contributed by atoms with Crippen molar-refractivity contribution in [2.45, 2.75) is 0 Å². The van der Waals surface area contributed by atoms with Crippen molar-refractivity contribution in [2.24, 2.45) is 5.73 Å². The number of para-hydroxylation sites is 2. The van der Waals surface area contributed by atoms with Gasteiger partial charge in [-0.1, -0.05) is 30.3 Å². The number of amides is 1. The largest absolute Gasteiger partial charge is 0.481 e. The summed E-state index contributed by atoms with van der Waals surface area (Å²) in [5.41, 5.74) is 5.91. The van der Waals surface area contributed by atoms with Crippen molar-refractivity contribution in [1.29, 1.82) is 0 Å². The zero-order valence-electron chi connectivity index (χ0n) is 12.6. The third-order valence-electron chi connectivity index (χ3n) is 3.25. The molecule has 2 aromatic carbocycles. The lowest BCUT2D eigenvalue weighted by molar-refractivity contribution is -0.136. The molecular weight excluding hydrogens is 308 g/mol. The molecule has 0 aliphatic heterocycles. The summed E-state index contributed by atoms with van der Waals surface area (Å²) >= 11 is 0. The molecule has 0 radical (unpaired) electrons. The molecule has 1 heterocycles. The van der Waals surface area contributed by atoms with Gasteiger partial charge in [-0.2, -0.15) is 0 Å². The zero-order chi connectivity index (χ0) is 16.9. The van der Waals surface area contributed by atoms with E-state index >= 15 is 0 Å². The van der Waals surface area contributed by atoms with Crippen LogP contribution in [0, 0.1) is 0 Å². The Kier molecular flexibility index (Phi) is 4.38. The second kappa shape index (κ2) is 6.78. The highest BCUT2D eigenvalue weighted by atomic mass is 16.6. The summed E-state index contributed by atoms with van der Waals surface area (Å²) < 4.78 is 10.7. The van der Waals surface area contributed by atoms with Gasteiger partial charge >= 0.3 is 5.97 Å². The Morgan fingerprint density at radius 2 is 1.71 bits per heavy atom. The Morgan fingerprint density at radius 3 is 2.46 bits per heavy atom. The fourth-order valence-electron chi connectivity index (χ4n) is 2.18. The molecule has 0 aliphatic carbocycles. The molecule has 24 heavy (non-hydrogen) atoms. The molecule has 1 aromatic heterocycles. The fraction of sp³-hybridized carbons (Fsp3) is 0.0556. The van der Waals surface area contributed by atoms with Crippen molar-refractivity contribution in [1.82, 2.24) is 4.98 Å². The lowest BCUT2D eigenvalue weighted by Gasteiger charge is -2.10. The van der Waals surface area contributed by atoms with Crippen LogP contribution in [-0.2, 0) is 4.79 Å². The van der Waals surface area contributed by atoms with E-state index in [9.17, 15) is 9.59 Å². The molecule has 0 saturated carbocycles. The van der Waals surface area contributed by atoms with Crippen LogP contribution < -0.4 is 15.2 Å². The summed E-state index contributed by atoms with van der Waals surface area (Å²) in [5, 5.41) is 0.676. The van der Waals surface area contributed by atoms with Gasteiger partial charge in [-0.05, 0) is 24.3 Å². The number of ether oxygens (including phenoxy) is 2. The first-order valence-electron chi connectivity index (χ1n) is 7.21. The first-order valence-corrected chi connectivity index (χ1v) is 7.21. The lowest BCUT2D eigenvalue weighted by atomic mass is 10.2. The number of nitrogens with two attached hydrogens (primary N) is 1. The van der Waals surface area contributed by atoms with E-state index in [1.54, 1.807) is 42.5 Å². The molecule has 0 aliphatic rings. The Hall–Kier alpha value is -3.41. The second-order valence-electron chi connectivity index (χ2n) is 4.96. The van der Waals surface area contributed by atoms with E-state index in [-0.39, 0.29) is 12.3 Å². The Balaban J connectivity index is 1.79. The highest BCUT2D eigenvalue weighted by Gasteiger charge is 2.12. The van der Waals surface area contributed by atoms with Crippen molar-refractivity contribution in [3.63, 3.8) is 0 Å². The maximum Gasteiger partial charge on any atom is 0.349 e. The van der Waals surface area contributed by atoms with Crippen molar-refractivity contribution in [3.05, 3.63) is 66.4 Å². The average molecular weight is 322 g/mol. The molecule has 120 valence electrons. The number of hydrogen-bond acceptors (Lipinski definition) is 5. The Morgan fingerprint density at radius 1 is 1.00 bits per heavy atom. The summed E-state index contributed by atoms with van der Waals surface area (Å²) in [4.78, 5) is 27.4. The van der Waals surface area contributed by atoms with E-state index in [0.717, 1.165) is 0 Å². The minimum atomic E-state index is -0.669. The summed E-state index contributed by atoms with van der Waals surface area (Å²) in [6, 6.07) is 17.2. The van der Waals surface area contributed by atoms with Gasteiger partial charge in [0.25, 0.3) is 5.91 Å². The van der Waals surface area contributed by atoms with Crippen LogP contribution in [0.25, 0.3) is 10.9 Å². The van der Waals surface area contributed by atoms with Crippen LogP contribution in [0.15, 0.2) is 60.7 Å². The van der Waals surface area contributed by atoms with Gasteiger partial charge in [-0.15, -0.1) is 0 Å². The summed E-state index contributed by atoms with van der Waals surface area (Å²) in [5.74, 6) is -0.442. The van der Waals surface area contributed by atoms with Crippen LogP contribution in [0.2, 0.25) is 0 Å². The molecule has 0 spiro atoms. The van der Waals surface area contributed by atoms with Gasteiger partial charge in [-0.25, -0.2) is 9.78 Å². The molecule has 6 heteroatoms. The minimum Gasteiger partial charge on any atom is -0.481 e. The van der Waals surface area contributed by atoms with Crippen molar-refractivity contribution < 1.29 is 19.1 Å². The normalized spacial score (nSPS) is 10.3. The molecule has 0 unspecified atom stereocenters. The maximum atomic E-state index is 11.9. The van der Waals surface area contributed by atoms with E-state index in [0.29, 0.717) is 22.4 Å². The SMILES string of the molecule is NC(=O)c1cc(OCC(=O)Oc2ccccc2)c2ccccc2n1. The first-order chi connectivity index (χ1) is 11.6. The standard InChI is InChI=1S/C18H14N2O4/c19-18(22)15-10-16(13-8-4-5-9-14(13)20-15)23-11-17(21)24-12-6-2-1-3-7-12/h1-10H,11H2,(H2,19,22). The van der Waals surface area contributed by atoms with Gasteiger partial charge in [0.1, 0.15) is 17.2 Å². The van der Waals surface area contributed by atoms with Gasteiger partial charge in [0.2, 0.25) is 0 Å². The smallest absolute Gasteiger partial charge is 0.349 e. The average Bonchev–Trinajstić information content (AvgIpc) is 2.60. The van der Waals surface area contributed by atoms with Crippen LogP contribution in [0.4, 0.5) is 0 Å². The number of pyridine rings is 1. The van der Waals surface area contributed by atoms with Gasteiger partial charge in [0.15, 0.2) is 6.61 Å². The lowest BCUT2D eigenvalue weighted by Crippen LogP contribution is -2.18. The van der Waals surface area contributed by atoms with Gasteiger partial charge < -0.3 is 15.2 Å². The van der Waals surface area contributed by atoms with Gasteiger partial charge in [-0.3, -0.25) is 4.79 Å². The van der Waals surface area contributed by atoms with Gasteiger partial charge in [0.05, 0.1) is 5.52 Å². The Labute approximate surface area is 137 Å². The third-order valence-corrected chi connectivity index (χ3v) is 3.25. The summed E-state index contributed by atoms with van der Waals surface area (Å²) in [6.07, 6.45) is 0. The predicted octanol–water partition coefficient (Wildman–Crippen LogP) is 2.32. The molecule has 0 fully saturated rings. The number of carbonyl (C=O) groups is 2. The summed E-state index contributed by atoms with van der Waals surface area (Å²) in [6.45, 7) is -0.304. The number of benzene rings is 2. The topological polar surface area (TPSA) is 91.5 Å². The van der Waals surface area contributed by atoms with Gasteiger partial charge in [0, 0.05) is 11.5 Å². The molecule has 0 saturated heterocycles. The minimum absolute atomic E-state index is 0.0696. The van der Waals surface area contributed by atoms with Crippen LogP contribution in [0.3, 0.4) is 0 Å². The fourth-order valence-corrected chi connectivity index (χ4v) is 2.18. The molecule has 0 bridgehead atoms. The number of hydrogen-bond donors (Lipinski definition) is 1. The van der Waals surface area contributed by atoms with Crippen LogP contribution in [-0.4, -0.2) is 23.5 Å². The number of rotatable bonds is 5. The number of esters is 1. The third kappa shape index (κ3) is 3.49. The molecule has 2 N–H and O–H groups in total. The quantitative estimate of drug-likeness (QED) is 0.575. The molecular formula is C18H14N2O4. The number of aromatic nitrogens is 1. The zero-order valence-corrected chi connectivity index (χ0v) is 12.6. The number of carbonyl (C=O) groups excluding carboxylic acids is 2. The molecule has 3 aromatic rings. The van der Waals surface area contributed by atoms with E-state index in [1.807, 2.05) is 12.1 Å². The van der Waals surface area contributed by atoms with E-state index in [2.05, 4.69) is 4.98 Å². The van der Waals surface area contributed by atoms with E-state index in [4.69, 9.17) is 15.2 Å². The predicted molar refractivity (Wildman–Crippen MR) is 87.8 cm³/mol. The Bertz CT molecular complexity index is 894. The molecule has 0 atom stereocenters.